The summed E-state index contributed by atoms with van der Waals surface area (Å²) in [6, 6.07) is 0. The van der Waals surface area contributed by atoms with E-state index in [1.165, 1.54) is 148 Å². The smallest absolute Gasteiger partial charge is 0.0257 e. The summed E-state index contributed by atoms with van der Waals surface area (Å²) >= 11 is 0. The Morgan fingerprint density at radius 1 is 0.337 bits per heavy atom. The molecule has 0 spiro atoms. The highest BCUT2D eigenvalue weighted by atomic mass is 14.5. The number of rotatable bonds is 3. The molecule has 0 radical (unpaired) electrons. The maximum absolute atomic E-state index is 2.42. The van der Waals surface area contributed by atoms with Crippen LogP contribution in [0.25, 0.3) is 0 Å². The summed E-state index contributed by atoms with van der Waals surface area (Å²) < 4.78 is 0. The lowest BCUT2D eigenvalue weighted by Crippen LogP contribution is -2.41. The molecule has 0 aromatic carbocycles. The molecule has 2 bridgehead atoms. The van der Waals surface area contributed by atoms with Gasteiger partial charge in [0.25, 0.3) is 0 Å². The lowest BCUT2D eigenvalue weighted by Gasteiger charge is -2.49. The molecule has 7 rings (SSSR count). The van der Waals surface area contributed by atoms with Crippen LogP contribution in [0.2, 0.25) is 0 Å². The van der Waals surface area contributed by atoms with Crippen LogP contribution in [0.5, 0.6) is 0 Å². The molecule has 4 unspecified atom stereocenters. The normalized spacial score (nSPS) is 27.1. The van der Waals surface area contributed by atoms with Crippen molar-refractivity contribution in [2.24, 2.45) is 131 Å². The van der Waals surface area contributed by atoms with Gasteiger partial charge in [-0.2, -0.15) is 0 Å². The average molecular weight is 1250 g/mol. The summed E-state index contributed by atoms with van der Waals surface area (Å²) in [4.78, 5) is 0. The Hall–Kier alpha value is 0. The molecule has 0 heterocycles. The molecule has 540 valence electrons. The van der Waals surface area contributed by atoms with Crippen LogP contribution < -0.4 is 0 Å². The van der Waals surface area contributed by atoms with Gasteiger partial charge in [0, 0.05) is 0 Å². The van der Waals surface area contributed by atoms with Gasteiger partial charge in [-0.1, -0.05) is 405 Å². The van der Waals surface area contributed by atoms with E-state index < -0.39 is 0 Å². The third-order valence-electron chi connectivity index (χ3n) is 27.9. The first-order chi connectivity index (χ1) is 39.9. The van der Waals surface area contributed by atoms with Crippen LogP contribution in [0.3, 0.4) is 0 Å². The van der Waals surface area contributed by atoms with Crippen molar-refractivity contribution in [3.8, 4) is 0 Å². The minimum absolute atomic E-state index is 0.375. The Morgan fingerprint density at radius 2 is 0.685 bits per heavy atom. The summed E-state index contributed by atoms with van der Waals surface area (Å²) in [7, 11) is 0. The van der Waals surface area contributed by atoms with E-state index in [9.17, 15) is 0 Å². The lowest BCUT2D eigenvalue weighted by atomic mass is 9.56. The van der Waals surface area contributed by atoms with Gasteiger partial charge >= 0.3 is 0 Å². The van der Waals surface area contributed by atoms with Crippen molar-refractivity contribution in [2.45, 2.75) is 443 Å². The van der Waals surface area contributed by atoms with Crippen molar-refractivity contribution in [3.63, 3.8) is 0 Å². The van der Waals surface area contributed by atoms with Crippen LogP contribution >= 0.6 is 0 Å². The Kier molecular flexibility index (Phi) is 43.9. The van der Waals surface area contributed by atoms with Gasteiger partial charge in [-0.3, -0.25) is 0 Å². The Morgan fingerprint density at radius 3 is 0.831 bits per heavy atom. The van der Waals surface area contributed by atoms with E-state index in [1.54, 1.807) is 25.7 Å². The first-order valence-corrected chi connectivity index (χ1v) is 39.9. The summed E-state index contributed by atoms with van der Waals surface area (Å²) in [5.41, 5.74) is 4.29. The molecule has 7 fully saturated rings. The van der Waals surface area contributed by atoms with Crippen molar-refractivity contribution in [1.29, 1.82) is 0 Å². The topological polar surface area (TPSA) is 0 Å². The van der Waals surface area contributed by atoms with E-state index in [1.807, 2.05) is 0 Å². The van der Waals surface area contributed by atoms with Gasteiger partial charge in [-0.25, -0.2) is 0 Å². The molecule has 0 nitrogen and oxygen atoms in total. The Bertz CT molecular complexity index is 1560. The quantitative estimate of drug-likeness (QED) is 0.264. The molecule has 7 aliphatic rings. The molecule has 0 heteroatoms. The van der Waals surface area contributed by atoms with E-state index >= 15 is 0 Å². The van der Waals surface area contributed by atoms with Crippen molar-refractivity contribution in [3.05, 3.63) is 0 Å². The van der Waals surface area contributed by atoms with Crippen LogP contribution in [0.15, 0.2) is 0 Å². The molecule has 0 amide bonds. The van der Waals surface area contributed by atoms with Crippen molar-refractivity contribution < 1.29 is 0 Å². The van der Waals surface area contributed by atoms with Gasteiger partial charge in [0.05, 0.1) is 0 Å². The zero-order valence-electron chi connectivity index (χ0n) is 70.6. The maximum Gasteiger partial charge on any atom is -0.0257 e. The van der Waals surface area contributed by atoms with Gasteiger partial charge in [0.1, 0.15) is 0 Å². The molecule has 7 saturated carbocycles. The third kappa shape index (κ3) is 39.1. The second-order valence-corrected chi connectivity index (χ2v) is 42.0. The summed E-state index contributed by atoms with van der Waals surface area (Å²) in [6.45, 7) is 91.0. The van der Waals surface area contributed by atoms with Crippen molar-refractivity contribution >= 4 is 0 Å². The molecule has 7 aliphatic carbocycles. The maximum atomic E-state index is 2.42. The fraction of sp³-hybridized carbons (Fsp3) is 1.00. The predicted octanol–water partition coefficient (Wildman–Crippen LogP) is 32.1. The summed E-state index contributed by atoms with van der Waals surface area (Å²) in [6.07, 6.45) is 40.2. The van der Waals surface area contributed by atoms with Crippen LogP contribution in [-0.4, -0.2) is 0 Å². The van der Waals surface area contributed by atoms with Crippen LogP contribution in [0, 0.1) is 131 Å². The van der Waals surface area contributed by atoms with Gasteiger partial charge < -0.3 is 0 Å². The first kappa shape index (κ1) is 93.2. The molecular formula is C89H184. The standard InChI is InChI=1S/2C11H24.C10H22.C9H20.C8H14.5C8H16/c2*1-9(2,3)11(7,8)10(4,5)6;1-8(2)10(6,7)9(3,4)5;1-7(2)8(3)9(4,5)6;1-6-4-7-2-3-8(6)5-7;1-7-3-5-8(2)6-4-7;1-7-4-3-5-8(2)6-7;1-8(2)6-4-3-5-7-8;1-7-5-3-4-6-8(7)2;1-2-8-6-4-3-5-7-8/h2*1-8H3;8H,1-7H3;7-8H,1-6H3;6-8H,2-5H2,1H3;2*7-8H,3-6H2,1-2H3;3-7H2,1-2H3;7-8H,3-6H2,1-2H3;8H,2-7H2,1H3/t;;;8-;6-,7?,8?;;7-,8?;;7-,8?;/m...10.1.1./s1. The number of fused-ring (bicyclic) bond motifs is 2. The SMILES string of the molecule is CC(C)(C)C(C)(C)C(C)(C)C.CC(C)(C)C(C)(C)C(C)(C)C.CC(C)C(C)(C)C(C)(C)C.CC(C)[C@@H](C)C(C)(C)C.CC1(C)CCCCC1.CC1CCC(C)CC1.CC1CCCC[C@H]1C.CC1CCC[C@@H](C)C1.CCC1CCCCC1.C[C@H]1CC2CCC1C2. The fourth-order valence-electron chi connectivity index (χ4n) is 14.4. The highest BCUT2D eigenvalue weighted by molar-refractivity contribution is 4.93. The average Bonchev–Trinajstić information content (AvgIpc) is 1.78. The van der Waals surface area contributed by atoms with Crippen LogP contribution in [0.1, 0.15) is 443 Å². The number of hydrogen-bond acceptors (Lipinski definition) is 0. The van der Waals surface area contributed by atoms with Crippen molar-refractivity contribution in [1.82, 2.24) is 0 Å². The fourth-order valence-corrected chi connectivity index (χ4v) is 14.4. The van der Waals surface area contributed by atoms with E-state index in [2.05, 4.69) is 270 Å². The molecule has 8 atom stereocenters. The van der Waals surface area contributed by atoms with E-state index in [0.29, 0.717) is 54.1 Å². The highest BCUT2D eigenvalue weighted by Gasteiger charge is 2.43. The van der Waals surface area contributed by atoms with Gasteiger partial charge in [0.15, 0.2) is 0 Å². The van der Waals surface area contributed by atoms with Crippen LogP contribution in [-0.2, 0) is 0 Å². The number of hydrogen-bond donors (Lipinski definition) is 0. The highest BCUT2D eigenvalue weighted by Crippen LogP contribution is 2.52. The predicted molar refractivity (Wildman–Crippen MR) is 416 cm³/mol. The largest absolute Gasteiger partial charge is 0.0651 e. The molecular weight excluding hydrogens is 1070 g/mol. The molecule has 0 aromatic heterocycles. The summed E-state index contributed by atoms with van der Waals surface area (Å²) in [5, 5.41) is 0. The van der Waals surface area contributed by atoms with Gasteiger partial charge in [-0.15, -0.1) is 0 Å². The third-order valence-corrected chi connectivity index (χ3v) is 27.9. The van der Waals surface area contributed by atoms with E-state index in [-0.39, 0.29) is 0 Å². The van der Waals surface area contributed by atoms with E-state index in [4.69, 9.17) is 0 Å². The minimum atomic E-state index is 0.375. The second-order valence-electron chi connectivity index (χ2n) is 42.0. The molecule has 0 saturated heterocycles. The molecule has 0 aliphatic heterocycles. The minimum Gasteiger partial charge on any atom is -0.0651 e. The molecule has 0 aromatic rings. The van der Waals surface area contributed by atoms with Crippen LogP contribution in [0.4, 0.5) is 0 Å². The zero-order valence-corrected chi connectivity index (χ0v) is 70.6. The lowest BCUT2D eigenvalue weighted by molar-refractivity contribution is 0.00566. The molecule has 89 heavy (non-hydrogen) atoms. The molecule has 0 N–H and O–H groups in total. The van der Waals surface area contributed by atoms with Crippen molar-refractivity contribution in [2.75, 3.05) is 0 Å². The second kappa shape index (κ2) is 42.0. The monoisotopic (exact) mass is 1250 g/mol. The summed E-state index contributed by atoms with van der Waals surface area (Å²) in [5.74, 6) is 12.9. The Labute approximate surface area is 571 Å². The van der Waals surface area contributed by atoms with Gasteiger partial charge in [0.2, 0.25) is 0 Å². The Balaban J connectivity index is -0.000000925. The van der Waals surface area contributed by atoms with E-state index in [0.717, 1.165) is 76.9 Å². The van der Waals surface area contributed by atoms with Gasteiger partial charge in [-0.05, 0) is 170 Å². The first-order valence-electron chi connectivity index (χ1n) is 39.9. The zero-order chi connectivity index (χ0) is 70.6.